The van der Waals surface area contributed by atoms with Crippen LogP contribution in [-0.2, 0) is 12.1 Å². The van der Waals surface area contributed by atoms with Crippen LogP contribution in [0.5, 0.6) is 0 Å². The lowest BCUT2D eigenvalue weighted by Crippen LogP contribution is -2.32. The molecule has 76 valence electrons. The molecule has 2 N–H and O–H groups in total. The molecule has 0 bridgehead atoms. The summed E-state index contributed by atoms with van der Waals surface area (Å²) in [6, 6.07) is 0. The predicted octanol–water partition coefficient (Wildman–Crippen LogP) is 1.80. The fourth-order valence-corrected chi connectivity index (χ4v) is 2.13. The molecule has 0 aromatic carbocycles. The van der Waals surface area contributed by atoms with Crippen LogP contribution in [0, 0.1) is 0 Å². The zero-order valence-electron chi connectivity index (χ0n) is 8.61. The Morgan fingerprint density at radius 3 is 3.07 bits per heavy atom. The van der Waals surface area contributed by atoms with Crippen molar-refractivity contribution in [1.82, 2.24) is 9.55 Å². The molecule has 1 unspecified atom stereocenters. The van der Waals surface area contributed by atoms with Crippen LogP contribution >= 0.6 is 0 Å². The van der Waals surface area contributed by atoms with Gasteiger partial charge in [0.15, 0.2) is 0 Å². The van der Waals surface area contributed by atoms with Gasteiger partial charge in [0, 0.05) is 18.3 Å². The zero-order chi connectivity index (χ0) is 10.0. The number of nitrogens with two attached hydrogens (primary N) is 1. The molecule has 3 heteroatoms. The van der Waals surface area contributed by atoms with E-state index < -0.39 is 0 Å². The van der Waals surface area contributed by atoms with Crippen molar-refractivity contribution in [2.24, 2.45) is 5.73 Å². The molecule has 0 saturated carbocycles. The van der Waals surface area contributed by atoms with E-state index in [1.807, 2.05) is 12.5 Å². The van der Waals surface area contributed by atoms with Gasteiger partial charge in [-0.1, -0.05) is 12.2 Å². The molecule has 1 heterocycles. The van der Waals surface area contributed by atoms with Gasteiger partial charge in [-0.05, 0) is 26.2 Å². The highest BCUT2D eigenvalue weighted by Crippen LogP contribution is 2.31. The van der Waals surface area contributed by atoms with Gasteiger partial charge >= 0.3 is 0 Å². The minimum absolute atomic E-state index is 0.181. The second-order valence-electron chi connectivity index (χ2n) is 4.17. The zero-order valence-corrected chi connectivity index (χ0v) is 8.61. The average molecular weight is 191 g/mol. The second kappa shape index (κ2) is 3.58. The third-order valence-electron chi connectivity index (χ3n) is 3.08. The Hall–Kier alpha value is -1.09. The molecule has 3 nitrogen and oxygen atoms in total. The van der Waals surface area contributed by atoms with Crippen LogP contribution in [0.15, 0.2) is 24.7 Å². The Labute approximate surface area is 84.6 Å². The highest BCUT2D eigenvalue weighted by atomic mass is 15.1. The third kappa shape index (κ3) is 1.48. The van der Waals surface area contributed by atoms with Crippen molar-refractivity contribution >= 4 is 0 Å². The molecule has 1 aliphatic carbocycles. The maximum Gasteiger partial charge on any atom is 0.0953 e. The summed E-state index contributed by atoms with van der Waals surface area (Å²) in [4.78, 5) is 4.17. The number of aromatic nitrogens is 2. The van der Waals surface area contributed by atoms with Gasteiger partial charge < -0.3 is 10.3 Å². The fourth-order valence-electron chi connectivity index (χ4n) is 2.13. The molecule has 1 aliphatic rings. The maximum atomic E-state index is 5.68. The normalized spacial score (nSPS) is 26.7. The number of hydrogen-bond donors (Lipinski definition) is 1. The molecule has 0 aliphatic heterocycles. The van der Waals surface area contributed by atoms with Gasteiger partial charge in [-0.2, -0.15) is 0 Å². The molecule has 1 aromatic rings. The van der Waals surface area contributed by atoms with Crippen LogP contribution in [-0.4, -0.2) is 9.55 Å². The van der Waals surface area contributed by atoms with Gasteiger partial charge in [0.05, 0.1) is 12.0 Å². The minimum atomic E-state index is 0.181. The first-order chi connectivity index (χ1) is 6.76. The Kier molecular flexibility index (Phi) is 2.42. The molecular formula is C11H17N3. The lowest BCUT2D eigenvalue weighted by molar-refractivity contribution is 0.281. The standard InChI is InChI=1S/C11H17N3/c1-11(5-3-2-4-6-11)14-9-13-8-10(14)7-12/h2-3,8-9H,4-7,12H2,1H3. The number of nitrogens with zero attached hydrogens (tertiary/aromatic N) is 2. The number of imidazole rings is 1. The van der Waals surface area contributed by atoms with E-state index in [9.17, 15) is 0 Å². The van der Waals surface area contributed by atoms with Crippen molar-refractivity contribution in [3.05, 3.63) is 30.4 Å². The minimum Gasteiger partial charge on any atom is -0.327 e. The highest BCUT2D eigenvalue weighted by molar-refractivity contribution is 5.07. The van der Waals surface area contributed by atoms with Crippen molar-refractivity contribution in [1.29, 1.82) is 0 Å². The van der Waals surface area contributed by atoms with E-state index in [2.05, 4.69) is 28.6 Å². The number of hydrogen-bond acceptors (Lipinski definition) is 2. The van der Waals surface area contributed by atoms with Crippen molar-refractivity contribution in [2.45, 2.75) is 38.3 Å². The van der Waals surface area contributed by atoms with E-state index in [1.165, 1.54) is 6.42 Å². The van der Waals surface area contributed by atoms with Crippen molar-refractivity contribution in [2.75, 3.05) is 0 Å². The van der Waals surface area contributed by atoms with E-state index in [0.717, 1.165) is 18.5 Å². The summed E-state index contributed by atoms with van der Waals surface area (Å²) in [5, 5.41) is 0. The first kappa shape index (κ1) is 9.46. The number of rotatable bonds is 2. The van der Waals surface area contributed by atoms with E-state index in [-0.39, 0.29) is 5.54 Å². The van der Waals surface area contributed by atoms with Gasteiger partial charge in [-0.15, -0.1) is 0 Å². The van der Waals surface area contributed by atoms with E-state index in [0.29, 0.717) is 6.54 Å². The molecule has 0 amide bonds. The molecule has 0 radical (unpaired) electrons. The average Bonchev–Trinajstić information content (AvgIpc) is 2.67. The molecule has 1 aromatic heterocycles. The lowest BCUT2D eigenvalue weighted by atomic mass is 9.87. The fraction of sp³-hybridized carbons (Fsp3) is 0.545. The molecule has 2 rings (SSSR count). The van der Waals surface area contributed by atoms with Crippen molar-refractivity contribution in [3.8, 4) is 0 Å². The summed E-state index contributed by atoms with van der Waals surface area (Å²) in [7, 11) is 0. The lowest BCUT2D eigenvalue weighted by Gasteiger charge is -2.33. The molecular weight excluding hydrogens is 174 g/mol. The molecule has 14 heavy (non-hydrogen) atoms. The molecule has 0 saturated heterocycles. The van der Waals surface area contributed by atoms with Crippen LogP contribution < -0.4 is 5.73 Å². The monoisotopic (exact) mass is 191 g/mol. The first-order valence-corrected chi connectivity index (χ1v) is 5.13. The summed E-state index contributed by atoms with van der Waals surface area (Å²) in [5.74, 6) is 0. The van der Waals surface area contributed by atoms with E-state index in [1.54, 1.807) is 0 Å². The smallest absolute Gasteiger partial charge is 0.0953 e. The van der Waals surface area contributed by atoms with Crippen LogP contribution in [0.3, 0.4) is 0 Å². The van der Waals surface area contributed by atoms with Gasteiger partial charge in [0.1, 0.15) is 0 Å². The SMILES string of the molecule is CC1(n2cncc2CN)CC=CCC1. The first-order valence-electron chi connectivity index (χ1n) is 5.13. The highest BCUT2D eigenvalue weighted by Gasteiger charge is 2.27. The Bertz CT molecular complexity index is 340. The summed E-state index contributed by atoms with van der Waals surface area (Å²) in [5.41, 5.74) is 6.99. The van der Waals surface area contributed by atoms with Gasteiger partial charge in [-0.3, -0.25) is 0 Å². The Morgan fingerprint density at radius 2 is 2.43 bits per heavy atom. The largest absolute Gasteiger partial charge is 0.327 e. The predicted molar refractivity (Wildman–Crippen MR) is 56.8 cm³/mol. The van der Waals surface area contributed by atoms with Crippen LogP contribution in [0.25, 0.3) is 0 Å². The van der Waals surface area contributed by atoms with Crippen molar-refractivity contribution in [3.63, 3.8) is 0 Å². The van der Waals surface area contributed by atoms with Gasteiger partial charge in [0.2, 0.25) is 0 Å². The van der Waals surface area contributed by atoms with E-state index >= 15 is 0 Å². The van der Waals surface area contributed by atoms with Crippen molar-refractivity contribution < 1.29 is 0 Å². The van der Waals surface area contributed by atoms with Crippen LogP contribution in [0.2, 0.25) is 0 Å². The van der Waals surface area contributed by atoms with Gasteiger partial charge in [0.25, 0.3) is 0 Å². The summed E-state index contributed by atoms with van der Waals surface area (Å²) in [6.45, 7) is 2.84. The van der Waals surface area contributed by atoms with Gasteiger partial charge in [-0.25, -0.2) is 4.98 Å². The third-order valence-corrected chi connectivity index (χ3v) is 3.08. The maximum absolute atomic E-state index is 5.68. The molecule has 1 atom stereocenters. The molecule has 0 fully saturated rings. The summed E-state index contributed by atoms with van der Waals surface area (Å²) >= 11 is 0. The summed E-state index contributed by atoms with van der Waals surface area (Å²) in [6.07, 6.45) is 11.7. The topological polar surface area (TPSA) is 43.8 Å². The van der Waals surface area contributed by atoms with Crippen LogP contribution in [0.4, 0.5) is 0 Å². The Balaban J connectivity index is 2.33. The second-order valence-corrected chi connectivity index (χ2v) is 4.17. The quantitative estimate of drug-likeness (QED) is 0.724. The summed E-state index contributed by atoms with van der Waals surface area (Å²) < 4.78 is 2.23. The van der Waals surface area contributed by atoms with Crippen LogP contribution in [0.1, 0.15) is 31.9 Å². The molecule has 0 spiro atoms. The Morgan fingerprint density at radius 1 is 1.57 bits per heavy atom. The number of allylic oxidation sites excluding steroid dienone is 2. The van der Waals surface area contributed by atoms with E-state index in [4.69, 9.17) is 5.73 Å².